The lowest BCUT2D eigenvalue weighted by molar-refractivity contribution is -0.137. The van der Waals surface area contributed by atoms with Gasteiger partial charge in [-0.2, -0.15) is 13.2 Å². The van der Waals surface area contributed by atoms with Crippen LogP contribution in [-0.2, 0) is 6.18 Å². The smallest absolute Gasteiger partial charge is 0.293 e. The Morgan fingerprint density at radius 3 is 2.12 bits per heavy atom. The molecular formula is C21H17F3OS. The highest BCUT2D eigenvalue weighted by Gasteiger charge is 2.30. The van der Waals surface area contributed by atoms with Crippen LogP contribution in [-0.4, -0.2) is 5.78 Å². The number of hydrogen-bond donors (Lipinski definition) is 0. The minimum absolute atomic E-state index is 0.0371. The summed E-state index contributed by atoms with van der Waals surface area (Å²) in [6.45, 7) is 3.72. The van der Waals surface area contributed by atoms with Crippen LogP contribution >= 0.6 is 11.3 Å². The average Bonchev–Trinajstić information content (AvgIpc) is 2.98. The Bertz CT molecular complexity index is 922. The maximum absolute atomic E-state index is 12.8. The van der Waals surface area contributed by atoms with Gasteiger partial charge < -0.3 is 0 Å². The van der Waals surface area contributed by atoms with Gasteiger partial charge in [-0.05, 0) is 35.7 Å². The molecule has 1 nitrogen and oxygen atoms in total. The molecule has 2 aromatic carbocycles. The van der Waals surface area contributed by atoms with Crippen molar-refractivity contribution in [3.8, 4) is 21.6 Å². The molecule has 0 saturated carbocycles. The van der Waals surface area contributed by atoms with E-state index in [4.69, 9.17) is 0 Å². The van der Waals surface area contributed by atoms with Gasteiger partial charge in [0.2, 0.25) is 0 Å². The monoisotopic (exact) mass is 374 g/mol. The third-order valence-electron chi connectivity index (χ3n) is 4.26. The van der Waals surface area contributed by atoms with E-state index in [2.05, 4.69) is 0 Å². The van der Waals surface area contributed by atoms with Gasteiger partial charge in [0.15, 0.2) is 5.78 Å². The van der Waals surface area contributed by atoms with Crippen LogP contribution < -0.4 is 0 Å². The molecule has 0 unspecified atom stereocenters. The minimum Gasteiger partial charge on any atom is -0.293 e. The van der Waals surface area contributed by atoms with E-state index < -0.39 is 11.7 Å². The van der Waals surface area contributed by atoms with Crippen LogP contribution in [0.5, 0.6) is 0 Å². The van der Waals surface area contributed by atoms with E-state index in [1.807, 2.05) is 44.2 Å². The quantitative estimate of drug-likeness (QED) is 0.449. The molecule has 1 heterocycles. The van der Waals surface area contributed by atoms with Gasteiger partial charge in [0.25, 0.3) is 0 Å². The number of benzene rings is 2. The summed E-state index contributed by atoms with van der Waals surface area (Å²) in [5.74, 6) is 0.0371. The number of thiophene rings is 1. The number of carbonyl (C=O) groups excluding carboxylic acids is 1. The molecule has 5 heteroatoms. The van der Waals surface area contributed by atoms with Crippen molar-refractivity contribution in [1.29, 1.82) is 0 Å². The molecule has 0 radical (unpaired) electrons. The topological polar surface area (TPSA) is 17.1 Å². The Morgan fingerprint density at radius 1 is 0.962 bits per heavy atom. The summed E-state index contributed by atoms with van der Waals surface area (Å²) in [5, 5.41) is 0. The fourth-order valence-electron chi connectivity index (χ4n) is 2.91. The first-order chi connectivity index (χ1) is 12.3. The van der Waals surface area contributed by atoms with Gasteiger partial charge in [-0.25, -0.2) is 0 Å². The molecule has 0 aliphatic rings. The first kappa shape index (κ1) is 18.4. The number of halogens is 3. The molecule has 0 amide bonds. The highest BCUT2D eigenvalue weighted by atomic mass is 32.1. The van der Waals surface area contributed by atoms with E-state index in [-0.39, 0.29) is 5.78 Å². The lowest BCUT2D eigenvalue weighted by Gasteiger charge is -2.08. The van der Waals surface area contributed by atoms with Crippen LogP contribution in [0.4, 0.5) is 13.2 Å². The summed E-state index contributed by atoms with van der Waals surface area (Å²) >= 11 is 1.35. The van der Waals surface area contributed by atoms with E-state index >= 15 is 0 Å². The number of Topliss-reactive ketones (excluding diaryl/α,β-unsaturated/α-hetero) is 1. The summed E-state index contributed by atoms with van der Waals surface area (Å²) in [5.41, 5.74) is 2.74. The third kappa shape index (κ3) is 3.44. The zero-order valence-electron chi connectivity index (χ0n) is 14.4. The molecule has 0 bridgehead atoms. The summed E-state index contributed by atoms with van der Waals surface area (Å²) in [4.78, 5) is 13.9. The standard InChI is InChI=1S/C21H17F3OS/c1-3-17(25)20-18(14-7-5-4-6-8-14)13(2)19(26-20)15-9-11-16(12-10-15)21(22,23)24/h4-12H,3H2,1-2H3. The second kappa shape index (κ2) is 7.08. The Hall–Kier alpha value is -2.40. The molecule has 0 N–H and O–H groups in total. The van der Waals surface area contributed by atoms with Crippen molar-refractivity contribution in [3.63, 3.8) is 0 Å². The van der Waals surface area contributed by atoms with Crippen LogP contribution in [0.3, 0.4) is 0 Å². The predicted molar refractivity (Wildman–Crippen MR) is 99.6 cm³/mol. The molecule has 1 aromatic heterocycles. The van der Waals surface area contributed by atoms with Gasteiger partial charge in [-0.15, -0.1) is 11.3 Å². The first-order valence-corrected chi connectivity index (χ1v) is 9.04. The van der Waals surface area contributed by atoms with E-state index in [9.17, 15) is 18.0 Å². The maximum Gasteiger partial charge on any atom is 0.416 e. The highest BCUT2D eigenvalue weighted by molar-refractivity contribution is 7.18. The second-order valence-electron chi connectivity index (χ2n) is 5.98. The molecular weight excluding hydrogens is 357 g/mol. The van der Waals surface area contributed by atoms with Crippen molar-refractivity contribution in [2.45, 2.75) is 26.4 Å². The molecule has 0 fully saturated rings. The minimum atomic E-state index is -4.36. The fourth-order valence-corrected chi connectivity index (χ4v) is 4.25. The summed E-state index contributed by atoms with van der Waals surface area (Å²) in [6, 6.07) is 14.7. The molecule has 0 aliphatic heterocycles. The van der Waals surface area contributed by atoms with Crippen molar-refractivity contribution >= 4 is 17.1 Å². The molecule has 134 valence electrons. The van der Waals surface area contributed by atoms with Gasteiger partial charge in [-0.3, -0.25) is 4.79 Å². The van der Waals surface area contributed by atoms with Crippen molar-refractivity contribution < 1.29 is 18.0 Å². The first-order valence-electron chi connectivity index (χ1n) is 8.22. The third-order valence-corrected chi connectivity index (χ3v) is 5.64. The Balaban J connectivity index is 2.15. The Labute approximate surface area is 154 Å². The van der Waals surface area contributed by atoms with Gasteiger partial charge in [0.05, 0.1) is 10.4 Å². The van der Waals surface area contributed by atoms with Crippen LogP contribution in [0.25, 0.3) is 21.6 Å². The van der Waals surface area contributed by atoms with Crippen LogP contribution in [0.1, 0.15) is 34.1 Å². The molecule has 26 heavy (non-hydrogen) atoms. The SMILES string of the molecule is CCC(=O)c1sc(-c2ccc(C(F)(F)F)cc2)c(C)c1-c1ccccc1. The van der Waals surface area contributed by atoms with Crippen molar-refractivity contribution in [3.05, 3.63) is 70.6 Å². The number of hydrogen-bond acceptors (Lipinski definition) is 2. The Kier molecular flexibility index (Phi) is 5.01. The van der Waals surface area contributed by atoms with Crippen LogP contribution in [0.2, 0.25) is 0 Å². The normalized spacial score (nSPS) is 11.6. The number of ketones is 1. The van der Waals surface area contributed by atoms with Gasteiger partial charge in [0, 0.05) is 16.9 Å². The van der Waals surface area contributed by atoms with Gasteiger partial charge in [-0.1, -0.05) is 49.4 Å². The maximum atomic E-state index is 12.8. The van der Waals surface area contributed by atoms with Crippen molar-refractivity contribution in [1.82, 2.24) is 0 Å². The average molecular weight is 374 g/mol. The molecule has 0 aliphatic carbocycles. The zero-order valence-corrected chi connectivity index (χ0v) is 15.2. The van der Waals surface area contributed by atoms with Crippen LogP contribution in [0, 0.1) is 6.92 Å². The number of rotatable bonds is 4. The molecule has 0 saturated heterocycles. The van der Waals surface area contributed by atoms with Crippen molar-refractivity contribution in [2.24, 2.45) is 0 Å². The summed E-state index contributed by atoms with van der Waals surface area (Å²) < 4.78 is 38.4. The molecule has 3 aromatic rings. The lowest BCUT2D eigenvalue weighted by atomic mass is 9.97. The summed E-state index contributed by atoms with van der Waals surface area (Å²) in [6.07, 6.45) is -3.98. The zero-order chi connectivity index (χ0) is 18.9. The lowest BCUT2D eigenvalue weighted by Crippen LogP contribution is -2.03. The van der Waals surface area contributed by atoms with Crippen LogP contribution in [0.15, 0.2) is 54.6 Å². The predicted octanol–water partition coefficient (Wildman–Crippen LogP) is 7.00. The van der Waals surface area contributed by atoms with Crippen molar-refractivity contribution in [2.75, 3.05) is 0 Å². The second-order valence-corrected chi connectivity index (χ2v) is 7.00. The molecule has 3 rings (SSSR count). The number of alkyl halides is 3. The number of carbonyl (C=O) groups is 1. The van der Waals surface area contributed by atoms with E-state index in [0.717, 1.165) is 33.7 Å². The van der Waals surface area contributed by atoms with E-state index in [0.29, 0.717) is 16.9 Å². The Morgan fingerprint density at radius 2 is 1.58 bits per heavy atom. The van der Waals surface area contributed by atoms with Gasteiger partial charge in [0.1, 0.15) is 0 Å². The molecule has 0 atom stereocenters. The molecule has 0 spiro atoms. The van der Waals surface area contributed by atoms with E-state index in [1.165, 1.54) is 23.5 Å². The summed E-state index contributed by atoms with van der Waals surface area (Å²) in [7, 11) is 0. The largest absolute Gasteiger partial charge is 0.416 e. The van der Waals surface area contributed by atoms with Gasteiger partial charge >= 0.3 is 6.18 Å². The highest BCUT2D eigenvalue weighted by Crippen LogP contribution is 2.43. The van der Waals surface area contributed by atoms with E-state index in [1.54, 1.807) is 0 Å². The fraction of sp³-hybridized carbons (Fsp3) is 0.190.